The minimum atomic E-state index is -0.501. The molecule has 1 amide bonds. The van der Waals surface area contributed by atoms with E-state index in [2.05, 4.69) is 30.7 Å². The number of imidazole rings is 1. The molecule has 0 saturated carbocycles. The summed E-state index contributed by atoms with van der Waals surface area (Å²) in [6, 6.07) is 20.2. The molecule has 0 fully saturated rings. The predicted molar refractivity (Wildman–Crippen MR) is 160 cm³/mol. The summed E-state index contributed by atoms with van der Waals surface area (Å²) in [5.74, 6) is 0.613. The van der Waals surface area contributed by atoms with Crippen molar-refractivity contribution in [1.29, 1.82) is 0 Å². The van der Waals surface area contributed by atoms with E-state index in [0.29, 0.717) is 45.2 Å². The Bertz CT molecular complexity index is 1860. The molecule has 6 rings (SSSR count). The van der Waals surface area contributed by atoms with Crippen LogP contribution in [0.15, 0.2) is 85.2 Å². The van der Waals surface area contributed by atoms with E-state index in [9.17, 15) is 4.79 Å². The Hall–Kier alpha value is -4.93. The minimum Gasteiger partial charge on any atom is -0.382 e. The fourth-order valence-corrected chi connectivity index (χ4v) is 4.97. The van der Waals surface area contributed by atoms with Crippen LogP contribution in [-0.2, 0) is 11.2 Å². The number of nitrogen functional groups attached to an aromatic ring is 1. The van der Waals surface area contributed by atoms with Crippen LogP contribution < -0.4 is 11.1 Å². The molecular formula is C29H23Cl2N9O. The fraction of sp³-hybridized carbons (Fsp3) is 0.0690. The van der Waals surface area contributed by atoms with Crippen LogP contribution in [0.25, 0.3) is 33.9 Å². The summed E-state index contributed by atoms with van der Waals surface area (Å²) >= 11 is 12.8. The zero-order chi connectivity index (χ0) is 28.3. The number of halogens is 2. The van der Waals surface area contributed by atoms with Gasteiger partial charge in [0.1, 0.15) is 16.7 Å². The molecule has 0 bridgehead atoms. The maximum Gasteiger partial charge on any atom is 0.244 e. The number of H-pyrrole nitrogens is 2. The Morgan fingerprint density at radius 2 is 1.85 bits per heavy atom. The number of aromatic nitrogens is 7. The van der Waals surface area contributed by atoms with E-state index < -0.39 is 6.04 Å². The summed E-state index contributed by atoms with van der Waals surface area (Å²) < 4.78 is 0. The zero-order valence-corrected chi connectivity index (χ0v) is 22.9. The third-order valence-electron chi connectivity index (χ3n) is 6.51. The van der Waals surface area contributed by atoms with E-state index in [1.165, 1.54) is 10.9 Å². The third-order valence-corrected chi connectivity index (χ3v) is 7.02. The number of nitrogens with two attached hydrogens (primary N) is 1. The van der Waals surface area contributed by atoms with Crippen molar-refractivity contribution >= 4 is 51.9 Å². The molecule has 1 atom stereocenters. The molecule has 41 heavy (non-hydrogen) atoms. The van der Waals surface area contributed by atoms with Gasteiger partial charge in [-0.1, -0.05) is 59.6 Å². The molecule has 0 saturated heterocycles. The molecular weight excluding hydrogens is 561 g/mol. The number of nitrogens with zero attached hydrogens (tertiary/aromatic N) is 5. The topological polar surface area (TPSA) is 143 Å². The standard InChI is InChI=1S/C29H23Cl2N9O/c30-20-8-10-24(40-33-12-13-34-40)18(15-20)7-11-25(41)35-23(14-17-4-2-1-3-5-17)29-36-26(27(31)37-29)19-6-9-21-22(16-19)38-39-28(21)32/h1-13,15-16,23H,14H2,(H,35,41)(H,36,37)(H3,32,38,39)/b11-7+/t23-/m0/s1. The number of carbonyl (C=O) groups is 1. The number of fused-ring (bicyclic) bond motifs is 1. The molecule has 5 N–H and O–H groups in total. The van der Waals surface area contributed by atoms with Gasteiger partial charge in [-0.3, -0.25) is 9.89 Å². The molecule has 0 unspecified atom stereocenters. The monoisotopic (exact) mass is 583 g/mol. The van der Waals surface area contributed by atoms with E-state index in [-0.39, 0.29) is 5.91 Å². The highest BCUT2D eigenvalue weighted by Gasteiger charge is 2.21. The van der Waals surface area contributed by atoms with Crippen molar-refractivity contribution in [3.8, 4) is 16.9 Å². The normalized spacial score (nSPS) is 12.2. The number of carbonyl (C=O) groups excluding carboxylic acids is 1. The molecule has 3 aromatic heterocycles. The van der Waals surface area contributed by atoms with Gasteiger partial charge in [-0.25, -0.2) is 4.98 Å². The van der Waals surface area contributed by atoms with Crippen LogP contribution in [0, 0.1) is 0 Å². The average Bonchev–Trinajstić information content (AvgIpc) is 3.73. The molecule has 3 heterocycles. The van der Waals surface area contributed by atoms with Crippen LogP contribution in [0.5, 0.6) is 0 Å². The van der Waals surface area contributed by atoms with Crippen LogP contribution in [0.3, 0.4) is 0 Å². The van der Waals surface area contributed by atoms with Gasteiger partial charge in [0.05, 0.1) is 29.6 Å². The van der Waals surface area contributed by atoms with E-state index in [4.69, 9.17) is 33.9 Å². The summed E-state index contributed by atoms with van der Waals surface area (Å²) in [7, 11) is 0. The molecule has 3 aromatic carbocycles. The lowest BCUT2D eigenvalue weighted by Gasteiger charge is -2.16. The highest BCUT2D eigenvalue weighted by Crippen LogP contribution is 2.31. The zero-order valence-electron chi connectivity index (χ0n) is 21.4. The largest absolute Gasteiger partial charge is 0.382 e. The number of nitrogens with one attached hydrogen (secondary N) is 3. The number of rotatable bonds is 8. The van der Waals surface area contributed by atoms with E-state index >= 15 is 0 Å². The Kier molecular flexibility index (Phi) is 7.24. The molecule has 0 spiro atoms. The van der Waals surface area contributed by atoms with Gasteiger partial charge in [-0.15, -0.1) is 0 Å². The number of amides is 1. The maximum absolute atomic E-state index is 13.2. The highest BCUT2D eigenvalue weighted by molar-refractivity contribution is 6.32. The molecule has 6 aromatic rings. The fourth-order valence-electron chi connectivity index (χ4n) is 4.55. The van der Waals surface area contributed by atoms with Crippen molar-refractivity contribution in [2.24, 2.45) is 0 Å². The molecule has 204 valence electrons. The summed E-state index contributed by atoms with van der Waals surface area (Å²) in [6.07, 6.45) is 6.76. The summed E-state index contributed by atoms with van der Waals surface area (Å²) in [4.78, 5) is 22.6. The summed E-state index contributed by atoms with van der Waals surface area (Å²) in [5.41, 5.74) is 10.4. The number of aromatic amines is 2. The Morgan fingerprint density at radius 1 is 1.05 bits per heavy atom. The van der Waals surface area contributed by atoms with Crippen molar-refractivity contribution in [2.45, 2.75) is 12.5 Å². The van der Waals surface area contributed by atoms with Gasteiger partial charge >= 0.3 is 0 Å². The van der Waals surface area contributed by atoms with Gasteiger partial charge in [0.25, 0.3) is 0 Å². The second kappa shape index (κ2) is 11.3. The lowest BCUT2D eigenvalue weighted by atomic mass is 10.1. The minimum absolute atomic E-state index is 0.325. The second-order valence-electron chi connectivity index (χ2n) is 9.26. The number of hydrogen-bond acceptors (Lipinski definition) is 6. The van der Waals surface area contributed by atoms with Crippen molar-refractivity contribution < 1.29 is 4.79 Å². The molecule has 0 aliphatic rings. The SMILES string of the molecule is Nc1n[nH]c2cc(-c3nc([C@H](Cc4ccccc4)NC(=O)/C=C/c4cc(Cl)ccc4-n4nccn4)[nH]c3Cl)ccc12. The Labute approximate surface area is 244 Å². The first-order valence-electron chi connectivity index (χ1n) is 12.6. The molecule has 0 aliphatic heterocycles. The molecule has 0 aliphatic carbocycles. The number of anilines is 1. The Balaban J connectivity index is 1.29. The first kappa shape index (κ1) is 26.3. The highest BCUT2D eigenvalue weighted by atomic mass is 35.5. The van der Waals surface area contributed by atoms with Crippen molar-refractivity contribution in [3.05, 3.63) is 112 Å². The first-order chi connectivity index (χ1) is 19.9. The van der Waals surface area contributed by atoms with E-state index in [1.54, 1.807) is 36.7 Å². The number of hydrogen-bond donors (Lipinski definition) is 4. The second-order valence-corrected chi connectivity index (χ2v) is 10.1. The lowest BCUT2D eigenvalue weighted by Crippen LogP contribution is -2.29. The van der Waals surface area contributed by atoms with E-state index in [1.807, 2.05) is 48.5 Å². The first-order valence-corrected chi connectivity index (χ1v) is 13.4. The molecule has 0 radical (unpaired) electrons. The van der Waals surface area contributed by atoms with Crippen molar-refractivity contribution in [2.75, 3.05) is 5.73 Å². The van der Waals surface area contributed by atoms with Gasteiger partial charge in [-0.2, -0.15) is 20.1 Å². The van der Waals surface area contributed by atoms with E-state index in [0.717, 1.165) is 22.0 Å². The summed E-state index contributed by atoms with van der Waals surface area (Å²) in [5, 5.41) is 20.1. The van der Waals surface area contributed by atoms with Gasteiger partial charge in [0.15, 0.2) is 5.82 Å². The molecule has 12 heteroatoms. The van der Waals surface area contributed by atoms with Gasteiger partial charge < -0.3 is 16.0 Å². The number of benzene rings is 3. The van der Waals surface area contributed by atoms with Crippen LogP contribution in [0.2, 0.25) is 10.2 Å². The maximum atomic E-state index is 13.2. The van der Waals surface area contributed by atoms with Gasteiger partial charge in [-0.05, 0) is 48.4 Å². The summed E-state index contributed by atoms with van der Waals surface area (Å²) in [6.45, 7) is 0. The molecule has 10 nitrogen and oxygen atoms in total. The van der Waals surface area contributed by atoms with Gasteiger partial charge in [0, 0.05) is 27.6 Å². The third kappa shape index (κ3) is 5.69. The van der Waals surface area contributed by atoms with Crippen LogP contribution in [-0.4, -0.2) is 41.1 Å². The lowest BCUT2D eigenvalue weighted by molar-refractivity contribution is -0.117. The van der Waals surface area contributed by atoms with Crippen LogP contribution >= 0.6 is 23.2 Å². The average molecular weight is 584 g/mol. The smallest absolute Gasteiger partial charge is 0.244 e. The predicted octanol–water partition coefficient (Wildman–Crippen LogP) is 5.54. The quantitative estimate of drug-likeness (QED) is 0.173. The van der Waals surface area contributed by atoms with Gasteiger partial charge in [0.2, 0.25) is 5.91 Å². The van der Waals surface area contributed by atoms with Crippen LogP contribution in [0.1, 0.15) is 23.0 Å². The van der Waals surface area contributed by atoms with Crippen molar-refractivity contribution in [1.82, 2.24) is 40.5 Å². The Morgan fingerprint density at radius 3 is 2.66 bits per heavy atom. The van der Waals surface area contributed by atoms with Crippen LogP contribution in [0.4, 0.5) is 5.82 Å². The van der Waals surface area contributed by atoms with Crippen molar-refractivity contribution in [3.63, 3.8) is 0 Å².